The summed E-state index contributed by atoms with van der Waals surface area (Å²) >= 11 is 16.4. The molecule has 0 aromatic heterocycles. The zero-order valence-electron chi connectivity index (χ0n) is 13.9. The van der Waals surface area contributed by atoms with Gasteiger partial charge in [0.15, 0.2) is 0 Å². The molecule has 0 saturated heterocycles. The van der Waals surface area contributed by atoms with Gasteiger partial charge in [0.1, 0.15) is 18.2 Å². The van der Waals surface area contributed by atoms with Crippen molar-refractivity contribution >= 4 is 52.8 Å². The van der Waals surface area contributed by atoms with Crippen LogP contribution in [0.4, 0.5) is 4.79 Å². The van der Waals surface area contributed by atoms with E-state index >= 15 is 0 Å². The van der Waals surface area contributed by atoms with Crippen molar-refractivity contribution in [2.75, 3.05) is 6.61 Å². The van der Waals surface area contributed by atoms with Crippen LogP contribution in [-0.4, -0.2) is 40.1 Å². The van der Waals surface area contributed by atoms with E-state index in [1.807, 2.05) is 0 Å². The van der Waals surface area contributed by atoms with E-state index in [0.29, 0.717) is 0 Å². The van der Waals surface area contributed by atoms with Crippen molar-refractivity contribution in [1.29, 1.82) is 0 Å². The summed E-state index contributed by atoms with van der Waals surface area (Å²) < 4.78 is 12.8. The number of nitrogens with one attached hydrogen (secondary N) is 1. The molecular weight excluding hydrogens is 385 g/mol. The van der Waals surface area contributed by atoms with E-state index in [9.17, 15) is 14.4 Å². The number of esters is 2. The van der Waals surface area contributed by atoms with Gasteiger partial charge in [-0.25, -0.2) is 14.4 Å². The van der Waals surface area contributed by atoms with Gasteiger partial charge in [-0.15, -0.1) is 0 Å². The first-order valence-electron chi connectivity index (χ1n) is 6.86. The van der Waals surface area contributed by atoms with Gasteiger partial charge in [-0.2, -0.15) is 0 Å². The molecule has 0 saturated carbocycles. The fourth-order valence-electron chi connectivity index (χ4n) is 1.18. The minimum Gasteiger partial charge on any atom is -0.455 e. The normalized spacial score (nSPS) is 13.8. The van der Waals surface area contributed by atoms with E-state index < -0.39 is 45.8 Å². The first kappa shape index (κ1) is 22.8. The number of hydrogen-bond donors (Lipinski definition) is 1. The molecule has 0 aliphatic rings. The SMILES string of the molecule is C/C=C(\OC(=O)C(C)NC(=O)OC(C)(C)C)C(=O)OCC(Cl)(Cl)Cl. The fraction of sp³-hybridized carbons (Fsp3) is 0.643. The molecule has 0 aromatic rings. The van der Waals surface area contributed by atoms with Crippen LogP contribution >= 0.6 is 34.8 Å². The average molecular weight is 405 g/mol. The van der Waals surface area contributed by atoms with Crippen LogP contribution in [-0.2, 0) is 23.8 Å². The molecule has 1 amide bonds. The minimum absolute atomic E-state index is 0.396. The molecule has 1 N–H and O–H groups in total. The van der Waals surface area contributed by atoms with Gasteiger partial charge in [0.25, 0.3) is 0 Å². The number of amides is 1. The molecule has 0 heterocycles. The highest BCUT2D eigenvalue weighted by atomic mass is 35.6. The van der Waals surface area contributed by atoms with Gasteiger partial charge in [-0.3, -0.25) is 0 Å². The molecule has 7 nitrogen and oxygen atoms in total. The van der Waals surface area contributed by atoms with Crippen molar-refractivity contribution < 1.29 is 28.6 Å². The maximum Gasteiger partial charge on any atom is 0.408 e. The number of alkyl carbamates (subject to hydrolysis) is 1. The van der Waals surface area contributed by atoms with Crippen LogP contribution in [0.15, 0.2) is 11.8 Å². The van der Waals surface area contributed by atoms with Gasteiger partial charge in [-0.05, 0) is 40.7 Å². The molecule has 0 aromatic carbocycles. The predicted octanol–water partition coefficient (Wildman–Crippen LogP) is 3.26. The molecule has 0 rings (SSSR count). The quantitative estimate of drug-likeness (QED) is 0.249. The van der Waals surface area contributed by atoms with E-state index in [-0.39, 0.29) is 0 Å². The Bertz CT molecular complexity index is 508. The molecule has 1 unspecified atom stereocenters. The highest BCUT2D eigenvalue weighted by Gasteiger charge is 2.27. The van der Waals surface area contributed by atoms with Crippen LogP contribution in [0.3, 0.4) is 0 Å². The molecule has 0 aliphatic carbocycles. The molecule has 0 radical (unpaired) electrons. The molecule has 138 valence electrons. The average Bonchev–Trinajstić information content (AvgIpc) is 2.38. The Morgan fingerprint density at radius 3 is 2.12 bits per heavy atom. The van der Waals surface area contributed by atoms with Crippen LogP contribution in [0.2, 0.25) is 0 Å². The second-order valence-electron chi connectivity index (χ2n) is 5.63. The Kier molecular flexibility index (Phi) is 8.88. The first-order chi connectivity index (χ1) is 10.7. The number of rotatable bonds is 5. The van der Waals surface area contributed by atoms with Gasteiger partial charge < -0.3 is 19.5 Å². The molecule has 0 fully saturated rings. The Morgan fingerprint density at radius 2 is 1.71 bits per heavy atom. The molecule has 24 heavy (non-hydrogen) atoms. The summed E-state index contributed by atoms with van der Waals surface area (Å²) in [5, 5.41) is 2.28. The van der Waals surface area contributed by atoms with Crippen molar-refractivity contribution in [3.8, 4) is 0 Å². The largest absolute Gasteiger partial charge is 0.455 e. The number of halogens is 3. The van der Waals surface area contributed by atoms with Crippen molar-refractivity contribution in [3.63, 3.8) is 0 Å². The standard InChI is InChI=1S/C14H20Cl3NO6/c1-6-9(11(20)22-7-14(15,16)17)23-10(19)8(2)18-12(21)24-13(3,4)5/h6,8H,7H2,1-5H3,(H,18,21)/b9-6-. The third-order valence-electron chi connectivity index (χ3n) is 2.13. The zero-order valence-corrected chi connectivity index (χ0v) is 16.2. The topological polar surface area (TPSA) is 90.9 Å². The van der Waals surface area contributed by atoms with Crippen LogP contribution in [0.25, 0.3) is 0 Å². The van der Waals surface area contributed by atoms with Crippen molar-refractivity contribution in [1.82, 2.24) is 5.32 Å². The minimum atomic E-state index is -1.79. The van der Waals surface area contributed by atoms with Gasteiger partial charge in [0, 0.05) is 0 Å². The summed E-state index contributed by atoms with van der Waals surface area (Å²) in [4.78, 5) is 35.2. The van der Waals surface area contributed by atoms with Crippen molar-refractivity contribution in [2.45, 2.75) is 50.1 Å². The van der Waals surface area contributed by atoms with Crippen LogP contribution in [0, 0.1) is 0 Å². The van der Waals surface area contributed by atoms with Crippen LogP contribution < -0.4 is 5.32 Å². The van der Waals surface area contributed by atoms with Gasteiger partial charge in [0.2, 0.25) is 9.55 Å². The summed E-state index contributed by atoms with van der Waals surface area (Å²) in [6, 6.07) is -1.06. The number of carbonyl (C=O) groups is 3. The molecule has 0 aliphatic heterocycles. The van der Waals surface area contributed by atoms with E-state index in [0.717, 1.165) is 0 Å². The van der Waals surface area contributed by atoms with Crippen LogP contribution in [0.5, 0.6) is 0 Å². The maximum atomic E-state index is 11.9. The summed E-state index contributed by atoms with van der Waals surface area (Å²) in [6.07, 6.45) is 0.409. The summed E-state index contributed by atoms with van der Waals surface area (Å²) in [5.74, 6) is -2.27. The molecule has 0 spiro atoms. The maximum absolute atomic E-state index is 11.9. The van der Waals surface area contributed by atoms with E-state index in [4.69, 9.17) is 49.0 Å². The second kappa shape index (κ2) is 9.34. The van der Waals surface area contributed by atoms with E-state index in [1.165, 1.54) is 19.9 Å². The van der Waals surface area contributed by atoms with Gasteiger partial charge >= 0.3 is 18.0 Å². The fourth-order valence-corrected chi connectivity index (χ4v) is 1.34. The second-order valence-corrected chi connectivity index (χ2v) is 8.15. The lowest BCUT2D eigenvalue weighted by atomic mass is 10.2. The number of allylic oxidation sites excluding steroid dienone is 1. The number of alkyl halides is 3. The summed E-state index contributed by atoms with van der Waals surface area (Å²) in [5.41, 5.74) is -0.719. The number of carbonyl (C=O) groups excluding carboxylic acids is 3. The Balaban J connectivity index is 4.60. The lowest BCUT2D eigenvalue weighted by Crippen LogP contribution is -2.42. The smallest absolute Gasteiger partial charge is 0.408 e. The van der Waals surface area contributed by atoms with Gasteiger partial charge in [-0.1, -0.05) is 34.8 Å². The van der Waals surface area contributed by atoms with Gasteiger partial charge in [0.05, 0.1) is 0 Å². The first-order valence-corrected chi connectivity index (χ1v) is 8.00. The van der Waals surface area contributed by atoms with Crippen molar-refractivity contribution in [2.24, 2.45) is 0 Å². The lowest BCUT2D eigenvalue weighted by molar-refractivity contribution is -0.152. The van der Waals surface area contributed by atoms with E-state index in [1.54, 1.807) is 20.8 Å². The highest BCUT2D eigenvalue weighted by molar-refractivity contribution is 6.67. The third-order valence-corrected chi connectivity index (χ3v) is 2.45. The Morgan fingerprint density at radius 1 is 1.17 bits per heavy atom. The monoisotopic (exact) mass is 403 g/mol. The highest BCUT2D eigenvalue weighted by Crippen LogP contribution is 2.26. The molecule has 0 bridgehead atoms. The van der Waals surface area contributed by atoms with Crippen LogP contribution in [0.1, 0.15) is 34.6 Å². The lowest BCUT2D eigenvalue weighted by Gasteiger charge is -2.21. The molecule has 10 heteroatoms. The molecular formula is C14H20Cl3NO6. The van der Waals surface area contributed by atoms with Crippen molar-refractivity contribution in [3.05, 3.63) is 11.8 Å². The third kappa shape index (κ3) is 10.6. The predicted molar refractivity (Wildman–Crippen MR) is 89.9 cm³/mol. The summed E-state index contributed by atoms with van der Waals surface area (Å²) in [7, 11) is 0. The summed E-state index contributed by atoms with van der Waals surface area (Å²) in [6.45, 7) is 7.32. The van der Waals surface area contributed by atoms with E-state index in [2.05, 4.69) is 5.32 Å². The molecule has 1 atom stereocenters. The number of ether oxygens (including phenoxy) is 3. The number of hydrogen-bond acceptors (Lipinski definition) is 6. The Labute approximate surface area is 155 Å². The zero-order chi connectivity index (χ0) is 19.1. The Hall–Kier alpha value is -1.18.